The normalized spacial score (nSPS) is 21.1. The first-order valence-electron chi connectivity index (χ1n) is 5.46. The van der Waals surface area contributed by atoms with E-state index in [4.69, 9.17) is 0 Å². The zero-order valence-electron chi connectivity index (χ0n) is 9.02. The summed E-state index contributed by atoms with van der Waals surface area (Å²) in [7, 11) is -3.34. The second-order valence-electron chi connectivity index (χ2n) is 3.96. The summed E-state index contributed by atoms with van der Waals surface area (Å²) >= 11 is 0. The molecule has 5 heteroatoms. The first kappa shape index (κ1) is 11.6. The van der Waals surface area contributed by atoms with Crippen LogP contribution in [-0.4, -0.2) is 27.5 Å². The van der Waals surface area contributed by atoms with Crippen LogP contribution in [0.15, 0.2) is 35.2 Å². The van der Waals surface area contributed by atoms with Crippen molar-refractivity contribution in [3.8, 4) is 0 Å². The monoisotopic (exact) mass is 240 g/mol. The molecule has 1 fully saturated rings. The van der Waals surface area contributed by atoms with Crippen LogP contribution in [0.3, 0.4) is 0 Å². The van der Waals surface area contributed by atoms with E-state index in [1.54, 1.807) is 30.3 Å². The fraction of sp³-hybridized carbons (Fsp3) is 0.455. The highest BCUT2D eigenvalue weighted by molar-refractivity contribution is 7.89. The maximum Gasteiger partial charge on any atom is 0.240 e. The maximum atomic E-state index is 11.8. The number of hydrogen-bond acceptors (Lipinski definition) is 3. The van der Waals surface area contributed by atoms with Gasteiger partial charge < -0.3 is 5.32 Å². The molecule has 88 valence electrons. The van der Waals surface area contributed by atoms with E-state index >= 15 is 0 Å². The molecule has 1 aromatic rings. The minimum Gasteiger partial charge on any atom is -0.313 e. The topological polar surface area (TPSA) is 58.2 Å². The van der Waals surface area contributed by atoms with Gasteiger partial charge in [-0.15, -0.1) is 0 Å². The number of hydrogen-bond donors (Lipinski definition) is 2. The Labute approximate surface area is 96.1 Å². The average Bonchev–Trinajstić information content (AvgIpc) is 2.81. The minimum absolute atomic E-state index is 0.276. The second-order valence-corrected chi connectivity index (χ2v) is 5.73. The van der Waals surface area contributed by atoms with Crippen molar-refractivity contribution in [1.29, 1.82) is 0 Å². The van der Waals surface area contributed by atoms with Crippen LogP contribution in [0, 0.1) is 0 Å². The van der Waals surface area contributed by atoms with Crippen LogP contribution in [0.5, 0.6) is 0 Å². The minimum atomic E-state index is -3.34. The smallest absolute Gasteiger partial charge is 0.240 e. The highest BCUT2D eigenvalue weighted by Gasteiger charge is 2.18. The van der Waals surface area contributed by atoms with E-state index in [-0.39, 0.29) is 6.04 Å². The Kier molecular flexibility index (Phi) is 3.58. The van der Waals surface area contributed by atoms with Crippen LogP contribution in [-0.2, 0) is 10.0 Å². The van der Waals surface area contributed by atoms with Crippen molar-refractivity contribution in [3.05, 3.63) is 30.3 Å². The molecule has 1 heterocycles. The van der Waals surface area contributed by atoms with Gasteiger partial charge in [0.05, 0.1) is 4.90 Å². The van der Waals surface area contributed by atoms with Gasteiger partial charge in [-0.05, 0) is 31.5 Å². The van der Waals surface area contributed by atoms with Crippen molar-refractivity contribution in [2.24, 2.45) is 0 Å². The predicted octanol–water partition coefficient (Wildman–Crippen LogP) is 0.717. The highest BCUT2D eigenvalue weighted by Crippen LogP contribution is 2.08. The SMILES string of the molecule is O=S(=O)(NC[C@@H]1CCCN1)c1ccccc1. The molecule has 0 amide bonds. The number of rotatable bonds is 4. The molecule has 0 aromatic heterocycles. The fourth-order valence-electron chi connectivity index (χ4n) is 1.82. The molecule has 0 spiro atoms. The van der Waals surface area contributed by atoms with E-state index < -0.39 is 10.0 Å². The van der Waals surface area contributed by atoms with Crippen LogP contribution in [0.1, 0.15) is 12.8 Å². The molecule has 2 rings (SSSR count). The highest BCUT2D eigenvalue weighted by atomic mass is 32.2. The van der Waals surface area contributed by atoms with E-state index in [9.17, 15) is 8.42 Å². The van der Waals surface area contributed by atoms with E-state index in [1.165, 1.54) is 0 Å². The number of sulfonamides is 1. The van der Waals surface area contributed by atoms with Crippen molar-refractivity contribution in [3.63, 3.8) is 0 Å². The second kappa shape index (κ2) is 4.95. The van der Waals surface area contributed by atoms with Gasteiger partial charge in [-0.3, -0.25) is 0 Å². The summed E-state index contributed by atoms with van der Waals surface area (Å²) in [6.45, 7) is 1.45. The Morgan fingerprint density at radius 1 is 1.31 bits per heavy atom. The van der Waals surface area contributed by atoms with Gasteiger partial charge in [-0.25, -0.2) is 13.1 Å². The predicted molar refractivity (Wildman–Crippen MR) is 62.7 cm³/mol. The summed E-state index contributed by atoms with van der Waals surface area (Å²) in [6.07, 6.45) is 2.16. The molecule has 1 aliphatic heterocycles. The van der Waals surface area contributed by atoms with Crippen molar-refractivity contribution in [2.45, 2.75) is 23.8 Å². The molecule has 1 aromatic carbocycles. The van der Waals surface area contributed by atoms with Gasteiger partial charge in [0.2, 0.25) is 10.0 Å². The Bertz CT molecular complexity index is 425. The zero-order chi connectivity index (χ0) is 11.4. The van der Waals surface area contributed by atoms with Gasteiger partial charge in [0, 0.05) is 12.6 Å². The largest absolute Gasteiger partial charge is 0.313 e. The fourth-order valence-corrected chi connectivity index (χ4v) is 2.93. The van der Waals surface area contributed by atoms with E-state index in [2.05, 4.69) is 10.0 Å². The van der Waals surface area contributed by atoms with Gasteiger partial charge in [-0.1, -0.05) is 18.2 Å². The molecule has 4 nitrogen and oxygen atoms in total. The van der Waals surface area contributed by atoms with Gasteiger partial charge in [0.15, 0.2) is 0 Å². The first-order chi connectivity index (χ1) is 7.68. The van der Waals surface area contributed by atoms with Gasteiger partial charge in [0.25, 0.3) is 0 Å². The lowest BCUT2D eigenvalue weighted by Crippen LogP contribution is -2.37. The summed E-state index contributed by atoms with van der Waals surface area (Å²) in [6, 6.07) is 8.73. The molecule has 0 unspecified atom stereocenters. The average molecular weight is 240 g/mol. The third kappa shape index (κ3) is 2.81. The Hall–Kier alpha value is -0.910. The molecule has 0 bridgehead atoms. The molecule has 0 radical (unpaired) electrons. The Balaban J connectivity index is 1.98. The maximum absolute atomic E-state index is 11.8. The van der Waals surface area contributed by atoms with Crippen LogP contribution in [0.4, 0.5) is 0 Å². The quantitative estimate of drug-likeness (QED) is 0.815. The Morgan fingerprint density at radius 3 is 2.69 bits per heavy atom. The first-order valence-corrected chi connectivity index (χ1v) is 6.95. The van der Waals surface area contributed by atoms with E-state index in [0.717, 1.165) is 19.4 Å². The number of benzene rings is 1. The summed E-state index contributed by atoms with van der Waals surface area (Å²) in [5.41, 5.74) is 0. The molecular weight excluding hydrogens is 224 g/mol. The van der Waals surface area contributed by atoms with E-state index in [0.29, 0.717) is 11.4 Å². The lowest BCUT2D eigenvalue weighted by Gasteiger charge is -2.11. The van der Waals surface area contributed by atoms with Crippen LogP contribution in [0.2, 0.25) is 0 Å². The van der Waals surface area contributed by atoms with Crippen molar-refractivity contribution in [1.82, 2.24) is 10.0 Å². The molecule has 1 saturated heterocycles. The summed E-state index contributed by atoms with van der Waals surface area (Å²) in [5, 5.41) is 3.25. The zero-order valence-corrected chi connectivity index (χ0v) is 9.83. The third-order valence-electron chi connectivity index (χ3n) is 2.74. The van der Waals surface area contributed by atoms with Crippen molar-refractivity contribution < 1.29 is 8.42 Å². The summed E-state index contributed by atoms with van der Waals surface area (Å²) in [5.74, 6) is 0. The van der Waals surface area contributed by atoms with Crippen LogP contribution in [0.25, 0.3) is 0 Å². The standard InChI is InChI=1S/C11H16N2O2S/c14-16(15,11-6-2-1-3-7-11)13-9-10-5-4-8-12-10/h1-3,6-7,10,12-13H,4-5,8-9H2/t10-/m0/s1. The van der Waals surface area contributed by atoms with Crippen molar-refractivity contribution >= 4 is 10.0 Å². The van der Waals surface area contributed by atoms with E-state index in [1.807, 2.05) is 0 Å². The lowest BCUT2D eigenvalue weighted by atomic mass is 10.2. The van der Waals surface area contributed by atoms with Gasteiger partial charge >= 0.3 is 0 Å². The molecule has 16 heavy (non-hydrogen) atoms. The van der Waals surface area contributed by atoms with Crippen molar-refractivity contribution in [2.75, 3.05) is 13.1 Å². The molecule has 1 atom stereocenters. The summed E-state index contributed by atoms with van der Waals surface area (Å²) < 4.78 is 26.3. The molecule has 0 saturated carbocycles. The Morgan fingerprint density at radius 2 is 2.06 bits per heavy atom. The molecule has 2 N–H and O–H groups in total. The van der Waals surface area contributed by atoms with Gasteiger partial charge in [0.1, 0.15) is 0 Å². The molecule has 1 aliphatic rings. The van der Waals surface area contributed by atoms with Crippen LogP contribution < -0.4 is 10.0 Å². The third-order valence-corrected chi connectivity index (χ3v) is 4.18. The van der Waals surface area contributed by atoms with Gasteiger partial charge in [-0.2, -0.15) is 0 Å². The number of nitrogens with one attached hydrogen (secondary N) is 2. The summed E-state index contributed by atoms with van der Waals surface area (Å²) in [4.78, 5) is 0.327. The molecule has 0 aliphatic carbocycles. The molecular formula is C11H16N2O2S. The van der Waals surface area contributed by atoms with Crippen LogP contribution >= 0.6 is 0 Å². The lowest BCUT2D eigenvalue weighted by molar-refractivity contribution is 0.552.